The smallest absolute Gasteiger partial charge is 0.429 e. The summed E-state index contributed by atoms with van der Waals surface area (Å²) in [4.78, 5) is 63.7. The van der Waals surface area contributed by atoms with E-state index in [0.29, 0.717) is 0 Å². The topological polar surface area (TPSA) is 142 Å². The normalized spacial score (nSPS) is 10.3. The summed E-state index contributed by atoms with van der Waals surface area (Å²) >= 11 is 0. The van der Waals surface area contributed by atoms with Crippen LogP contribution in [0.2, 0.25) is 0 Å². The molecular weight excluding hydrogens is 528 g/mol. The lowest BCUT2D eigenvalue weighted by Gasteiger charge is -2.06. The molecule has 0 aromatic heterocycles. The average molecular weight is 563 g/mol. The van der Waals surface area contributed by atoms with Gasteiger partial charge in [-0.1, -0.05) is 63.8 Å². The number of benzene rings is 2. The van der Waals surface area contributed by atoms with Gasteiger partial charge in [0.2, 0.25) is 0 Å². The lowest BCUT2D eigenvalue weighted by atomic mass is 10.1. The van der Waals surface area contributed by atoms with Crippen molar-refractivity contribution in [2.24, 2.45) is 0 Å². The summed E-state index contributed by atoms with van der Waals surface area (Å²) < 4.78 is 9.09. The van der Waals surface area contributed by atoms with Crippen molar-refractivity contribution in [1.29, 1.82) is 0 Å². The molecule has 40 heavy (non-hydrogen) atoms. The highest BCUT2D eigenvalue weighted by atomic mass is 17.5. The fraction of sp³-hybridized carbons (Fsp3) is 0.429. The lowest BCUT2D eigenvalue weighted by molar-refractivity contribution is -0.453. The maximum atomic E-state index is 11.9. The first-order valence-corrected chi connectivity index (χ1v) is 13.0. The molecule has 12 nitrogen and oxygen atoms in total. The fourth-order valence-corrected chi connectivity index (χ4v) is 3.32. The quantitative estimate of drug-likeness (QED) is 0.0942. The number of carbonyl (C=O) groups is 4. The minimum Gasteiger partial charge on any atom is -0.429 e. The minimum atomic E-state index is -1.36. The summed E-state index contributed by atoms with van der Waals surface area (Å²) in [6, 6.07) is 13.5. The predicted molar refractivity (Wildman–Crippen MR) is 137 cm³/mol. The van der Waals surface area contributed by atoms with Gasteiger partial charge in [-0.2, -0.15) is 0 Å². The van der Waals surface area contributed by atoms with Crippen molar-refractivity contribution in [2.45, 2.75) is 65.2 Å². The van der Waals surface area contributed by atoms with E-state index in [1.54, 1.807) is 48.5 Å². The number of rotatable bonds is 17. The Hall–Kier alpha value is -4.16. The Kier molecular flexibility index (Phi) is 15.2. The van der Waals surface area contributed by atoms with E-state index >= 15 is 0 Å². The van der Waals surface area contributed by atoms with Crippen molar-refractivity contribution in [1.82, 2.24) is 0 Å². The highest BCUT2D eigenvalue weighted by Gasteiger charge is 2.14. The number of aryl methyl sites for hydroxylation is 2. The molecule has 0 aliphatic heterocycles. The van der Waals surface area contributed by atoms with Crippen LogP contribution in [0.5, 0.6) is 0 Å². The summed E-state index contributed by atoms with van der Waals surface area (Å²) in [6.45, 7) is 3.32. The molecule has 0 saturated carbocycles. The number of ether oxygens (including phenoxy) is 2. The Morgan fingerprint density at radius 1 is 0.525 bits per heavy atom. The number of unbranched alkanes of at least 4 members (excludes halogenated alkanes) is 4. The molecule has 12 heteroatoms. The zero-order valence-corrected chi connectivity index (χ0v) is 22.6. The van der Waals surface area contributed by atoms with Crippen LogP contribution in [0.15, 0.2) is 48.5 Å². The summed E-state index contributed by atoms with van der Waals surface area (Å²) in [7, 11) is 0. The molecule has 0 amide bonds. The first kappa shape index (κ1) is 32.1. The van der Waals surface area contributed by atoms with E-state index in [-0.39, 0.29) is 11.1 Å². The second kappa shape index (κ2) is 19.0. The molecule has 0 atom stereocenters. The second-order valence-corrected chi connectivity index (χ2v) is 8.55. The lowest BCUT2D eigenvalue weighted by Crippen LogP contribution is -2.17. The van der Waals surface area contributed by atoms with Gasteiger partial charge in [-0.25, -0.2) is 29.0 Å². The van der Waals surface area contributed by atoms with Crippen molar-refractivity contribution in [3.63, 3.8) is 0 Å². The van der Waals surface area contributed by atoms with Crippen molar-refractivity contribution in [3.8, 4) is 0 Å². The van der Waals surface area contributed by atoms with Gasteiger partial charge in [-0.15, -0.1) is 0 Å². The van der Waals surface area contributed by atoms with Crippen LogP contribution in [0.3, 0.4) is 0 Å². The van der Waals surface area contributed by atoms with E-state index in [2.05, 4.69) is 52.9 Å². The SMILES string of the molecule is CCCCCc1ccc(C(=O)OOOC(=O)OCCOC(=O)OOOC(=O)c2ccc(CCCCC)cc2)cc1. The van der Waals surface area contributed by atoms with Crippen LogP contribution < -0.4 is 0 Å². The van der Waals surface area contributed by atoms with Crippen LogP contribution >= 0.6 is 0 Å². The first-order chi connectivity index (χ1) is 19.4. The van der Waals surface area contributed by atoms with E-state index in [1.165, 1.54) is 0 Å². The molecule has 0 radical (unpaired) electrons. The predicted octanol–water partition coefficient (Wildman–Crippen LogP) is 6.17. The van der Waals surface area contributed by atoms with E-state index < -0.39 is 37.5 Å². The van der Waals surface area contributed by atoms with Crippen LogP contribution in [-0.2, 0) is 51.9 Å². The molecule has 2 aromatic carbocycles. The summed E-state index contributed by atoms with van der Waals surface area (Å²) in [5, 5.41) is 8.23. The van der Waals surface area contributed by atoms with Crippen molar-refractivity contribution < 1.29 is 58.3 Å². The van der Waals surface area contributed by atoms with Crippen LogP contribution in [0, 0.1) is 0 Å². The Labute approximate surface area is 232 Å². The second-order valence-electron chi connectivity index (χ2n) is 8.55. The third-order valence-electron chi connectivity index (χ3n) is 5.46. The van der Waals surface area contributed by atoms with E-state index in [1.807, 2.05) is 0 Å². The molecule has 0 saturated heterocycles. The van der Waals surface area contributed by atoms with Gasteiger partial charge in [-0.3, -0.25) is 9.78 Å². The van der Waals surface area contributed by atoms with Gasteiger partial charge in [0.05, 0.1) is 21.2 Å². The Bertz CT molecular complexity index is 964. The number of carbonyl (C=O) groups excluding carboxylic acids is 4. The molecular formula is C28H34O12. The monoisotopic (exact) mass is 562 g/mol. The van der Waals surface area contributed by atoms with Gasteiger partial charge in [0, 0.05) is 0 Å². The third kappa shape index (κ3) is 13.1. The molecule has 2 rings (SSSR count). The van der Waals surface area contributed by atoms with Crippen LogP contribution in [0.25, 0.3) is 0 Å². The molecule has 0 N–H and O–H groups in total. The van der Waals surface area contributed by atoms with Gasteiger partial charge < -0.3 is 9.47 Å². The average Bonchev–Trinajstić information content (AvgIpc) is 2.96. The zero-order valence-electron chi connectivity index (χ0n) is 22.6. The Morgan fingerprint density at radius 3 is 1.25 bits per heavy atom. The van der Waals surface area contributed by atoms with Crippen molar-refractivity contribution >= 4 is 24.2 Å². The molecule has 0 aliphatic rings. The molecule has 0 unspecified atom stereocenters. The highest BCUT2D eigenvalue weighted by Crippen LogP contribution is 2.11. The Balaban J connectivity index is 1.51. The molecule has 2 aromatic rings. The molecule has 0 aliphatic carbocycles. The number of hydrogen-bond donors (Lipinski definition) is 0. The zero-order chi connectivity index (χ0) is 29.0. The van der Waals surface area contributed by atoms with Gasteiger partial charge >= 0.3 is 24.2 Å². The maximum Gasteiger partial charge on any atom is 0.543 e. The summed E-state index contributed by atoms with van der Waals surface area (Å²) in [5.74, 6) is -1.75. The van der Waals surface area contributed by atoms with Gasteiger partial charge in [-0.05, 0) is 61.1 Å². The van der Waals surface area contributed by atoms with E-state index in [0.717, 1.165) is 62.5 Å². The fourth-order valence-electron chi connectivity index (χ4n) is 3.32. The molecule has 0 heterocycles. The minimum absolute atomic E-state index is 0.201. The standard InChI is InChI=1S/C28H34O12/c1-3-5-7-9-21-11-15-23(16-12-21)25(29)35-39-37-27(31)33-19-20-34-28(32)38-40-36-26(30)24-17-13-22(14-18-24)10-8-6-4-2/h11-18H,3-10,19-20H2,1-2H3. The summed E-state index contributed by atoms with van der Waals surface area (Å²) in [5.41, 5.74) is 2.57. The van der Waals surface area contributed by atoms with Crippen LogP contribution in [0.1, 0.15) is 84.2 Å². The molecule has 218 valence electrons. The van der Waals surface area contributed by atoms with Gasteiger partial charge in [0.15, 0.2) is 0 Å². The Morgan fingerprint density at radius 2 is 0.900 bits per heavy atom. The van der Waals surface area contributed by atoms with Crippen LogP contribution in [0.4, 0.5) is 9.59 Å². The van der Waals surface area contributed by atoms with Crippen LogP contribution in [-0.4, -0.2) is 37.5 Å². The third-order valence-corrected chi connectivity index (χ3v) is 5.46. The first-order valence-electron chi connectivity index (χ1n) is 13.0. The maximum absolute atomic E-state index is 11.9. The van der Waals surface area contributed by atoms with Gasteiger partial charge in [0.1, 0.15) is 13.2 Å². The largest absolute Gasteiger partial charge is 0.543 e. The molecule has 0 fully saturated rings. The molecule has 0 bridgehead atoms. The highest BCUT2D eigenvalue weighted by molar-refractivity contribution is 5.89. The van der Waals surface area contributed by atoms with E-state index in [9.17, 15) is 19.2 Å². The summed E-state index contributed by atoms with van der Waals surface area (Å²) in [6.07, 6.45) is 5.70. The molecule has 0 spiro atoms. The van der Waals surface area contributed by atoms with E-state index in [4.69, 9.17) is 0 Å². The van der Waals surface area contributed by atoms with Gasteiger partial charge in [0.25, 0.3) is 0 Å². The van der Waals surface area contributed by atoms with Crippen molar-refractivity contribution in [2.75, 3.05) is 13.2 Å². The van der Waals surface area contributed by atoms with Crippen molar-refractivity contribution in [3.05, 3.63) is 70.8 Å². The number of hydrogen-bond acceptors (Lipinski definition) is 12.